The predicted molar refractivity (Wildman–Crippen MR) is 130 cm³/mol. The molecule has 0 aliphatic carbocycles. The highest BCUT2D eigenvalue weighted by Crippen LogP contribution is 2.21. The van der Waals surface area contributed by atoms with Gasteiger partial charge in [-0.3, -0.25) is 4.98 Å². The van der Waals surface area contributed by atoms with Crippen molar-refractivity contribution in [3.05, 3.63) is 78.8 Å². The number of aromatic nitrogens is 5. The first-order valence-electron chi connectivity index (χ1n) is 11.1. The van der Waals surface area contributed by atoms with Crippen molar-refractivity contribution in [1.82, 2.24) is 24.9 Å². The van der Waals surface area contributed by atoms with Crippen molar-refractivity contribution in [2.24, 2.45) is 0 Å². The molecule has 0 N–H and O–H groups in total. The molecule has 5 rings (SSSR count). The van der Waals surface area contributed by atoms with Crippen LogP contribution in [0.5, 0.6) is 0 Å². The van der Waals surface area contributed by atoms with Crippen LogP contribution in [-0.4, -0.2) is 64.3 Å². The first-order chi connectivity index (χ1) is 16.8. The van der Waals surface area contributed by atoms with Crippen molar-refractivity contribution in [3.8, 4) is 11.5 Å². The molecule has 9 heteroatoms. The van der Waals surface area contributed by atoms with Crippen LogP contribution in [0.15, 0.2) is 72.1 Å². The summed E-state index contributed by atoms with van der Waals surface area (Å²) in [7, 11) is 1.72. The molecule has 1 atom stereocenters. The van der Waals surface area contributed by atoms with E-state index in [2.05, 4.69) is 34.7 Å². The smallest absolute Gasteiger partial charge is 0.225 e. The fourth-order valence-electron chi connectivity index (χ4n) is 3.95. The maximum atomic E-state index is 5.49. The largest absolute Gasteiger partial charge is 0.442 e. The van der Waals surface area contributed by atoms with Gasteiger partial charge in [0.1, 0.15) is 11.5 Å². The molecule has 5 heterocycles. The second-order valence-electron chi connectivity index (χ2n) is 7.93. The number of ether oxygens (including phenoxy) is 1. The van der Waals surface area contributed by atoms with Gasteiger partial charge < -0.3 is 19.0 Å². The first kappa shape index (κ1) is 21.7. The summed E-state index contributed by atoms with van der Waals surface area (Å²) in [6, 6.07) is 9.99. The van der Waals surface area contributed by atoms with Crippen LogP contribution < -0.4 is 9.80 Å². The zero-order valence-electron chi connectivity index (χ0n) is 18.9. The third kappa shape index (κ3) is 4.94. The molecule has 0 bridgehead atoms. The number of rotatable bonds is 7. The van der Waals surface area contributed by atoms with Gasteiger partial charge >= 0.3 is 0 Å². The first-order valence-corrected chi connectivity index (χ1v) is 11.1. The van der Waals surface area contributed by atoms with Crippen LogP contribution in [0.4, 0.5) is 11.8 Å². The van der Waals surface area contributed by atoms with Gasteiger partial charge in [0.15, 0.2) is 12.2 Å². The van der Waals surface area contributed by atoms with Gasteiger partial charge in [0, 0.05) is 57.1 Å². The summed E-state index contributed by atoms with van der Waals surface area (Å²) in [6.45, 7) is 3.03. The van der Waals surface area contributed by atoms with Crippen LogP contribution in [0.3, 0.4) is 0 Å². The summed E-state index contributed by atoms with van der Waals surface area (Å²) in [5, 5.41) is 0. The second kappa shape index (κ2) is 10.2. The van der Waals surface area contributed by atoms with Gasteiger partial charge in [-0.1, -0.05) is 24.3 Å². The number of hydrogen-bond acceptors (Lipinski definition) is 9. The standard InChI is InChI=1S/C25H25N7O2/c1-33-17-21-16-31(24-4-2-3-9-27-24)10-11-32(21)25-29-13-20(14-30-25)6-5-19-7-8-22(28-12-19)23-15-26-18-34-23/h2-9,12-15,18,21H,10-11,16-17H2,1H3/b6-5+/t21-/m1/s1. The van der Waals surface area contributed by atoms with Gasteiger partial charge in [-0.2, -0.15) is 0 Å². The molecular weight excluding hydrogens is 430 g/mol. The Bertz CT molecular complexity index is 1200. The van der Waals surface area contributed by atoms with Gasteiger partial charge in [-0.25, -0.2) is 19.9 Å². The van der Waals surface area contributed by atoms with E-state index in [1.165, 1.54) is 6.39 Å². The van der Waals surface area contributed by atoms with Crippen LogP contribution in [0.1, 0.15) is 11.1 Å². The normalized spacial score (nSPS) is 16.3. The SMILES string of the molecule is COC[C@H]1CN(c2ccccn2)CCN1c1ncc(/C=C/c2ccc(-c3cnco3)nc2)cn1. The lowest BCUT2D eigenvalue weighted by Gasteiger charge is -2.41. The Balaban J connectivity index is 1.25. The lowest BCUT2D eigenvalue weighted by molar-refractivity contribution is 0.173. The maximum Gasteiger partial charge on any atom is 0.225 e. The Kier molecular flexibility index (Phi) is 6.53. The van der Waals surface area contributed by atoms with E-state index in [-0.39, 0.29) is 6.04 Å². The summed E-state index contributed by atoms with van der Waals surface area (Å²) in [5.74, 6) is 2.33. The Morgan fingerprint density at radius 3 is 2.53 bits per heavy atom. The number of piperazine rings is 1. The fraction of sp³-hybridized carbons (Fsp3) is 0.240. The highest BCUT2D eigenvalue weighted by atomic mass is 16.5. The summed E-state index contributed by atoms with van der Waals surface area (Å²) in [5.41, 5.74) is 2.63. The topological polar surface area (TPSA) is 93.3 Å². The van der Waals surface area contributed by atoms with Crippen LogP contribution >= 0.6 is 0 Å². The second-order valence-corrected chi connectivity index (χ2v) is 7.93. The average molecular weight is 456 g/mol. The van der Waals surface area contributed by atoms with E-state index in [1.54, 1.807) is 19.5 Å². The van der Waals surface area contributed by atoms with Crippen LogP contribution in [0, 0.1) is 0 Å². The van der Waals surface area contributed by atoms with Crippen molar-refractivity contribution >= 4 is 23.9 Å². The lowest BCUT2D eigenvalue weighted by atomic mass is 10.1. The predicted octanol–water partition coefficient (Wildman–Crippen LogP) is 3.43. The number of nitrogens with zero attached hydrogens (tertiary/aromatic N) is 7. The minimum Gasteiger partial charge on any atom is -0.442 e. The van der Waals surface area contributed by atoms with Gasteiger partial charge in [0.05, 0.1) is 18.8 Å². The molecule has 4 aromatic heterocycles. The van der Waals surface area contributed by atoms with Crippen molar-refractivity contribution in [2.75, 3.05) is 43.2 Å². The fourth-order valence-corrected chi connectivity index (χ4v) is 3.95. The van der Waals surface area contributed by atoms with Crippen molar-refractivity contribution in [2.45, 2.75) is 6.04 Å². The number of methoxy groups -OCH3 is 1. The molecule has 172 valence electrons. The summed E-state index contributed by atoms with van der Waals surface area (Å²) < 4.78 is 10.8. The van der Waals surface area contributed by atoms with Crippen LogP contribution in [0.25, 0.3) is 23.6 Å². The Morgan fingerprint density at radius 1 is 0.971 bits per heavy atom. The van der Waals surface area contributed by atoms with E-state index < -0.39 is 0 Å². The van der Waals surface area contributed by atoms with Gasteiger partial charge in [-0.05, 0) is 23.8 Å². The molecule has 0 radical (unpaired) electrons. The zero-order valence-corrected chi connectivity index (χ0v) is 18.9. The third-order valence-corrected chi connectivity index (χ3v) is 5.67. The van der Waals surface area contributed by atoms with E-state index in [4.69, 9.17) is 9.15 Å². The quantitative estimate of drug-likeness (QED) is 0.415. The molecule has 34 heavy (non-hydrogen) atoms. The number of hydrogen-bond donors (Lipinski definition) is 0. The molecule has 0 aromatic carbocycles. The molecule has 0 spiro atoms. The van der Waals surface area contributed by atoms with Crippen molar-refractivity contribution < 1.29 is 9.15 Å². The molecule has 1 saturated heterocycles. The lowest BCUT2D eigenvalue weighted by Crippen LogP contribution is -2.56. The molecule has 9 nitrogen and oxygen atoms in total. The summed E-state index contributed by atoms with van der Waals surface area (Å²) in [4.78, 5) is 26.6. The Labute approximate surface area is 197 Å². The van der Waals surface area contributed by atoms with E-state index in [1.807, 2.05) is 61.1 Å². The minimum absolute atomic E-state index is 0.135. The minimum atomic E-state index is 0.135. The van der Waals surface area contributed by atoms with Gasteiger partial charge in [0.2, 0.25) is 5.95 Å². The summed E-state index contributed by atoms with van der Waals surface area (Å²) >= 11 is 0. The van der Waals surface area contributed by atoms with Crippen molar-refractivity contribution in [1.29, 1.82) is 0 Å². The highest BCUT2D eigenvalue weighted by Gasteiger charge is 2.29. The average Bonchev–Trinajstić information content (AvgIpc) is 3.44. The molecule has 1 aliphatic heterocycles. The molecular formula is C25H25N7O2. The van der Waals surface area contributed by atoms with Gasteiger partial charge in [-0.15, -0.1) is 0 Å². The van der Waals surface area contributed by atoms with Crippen LogP contribution in [-0.2, 0) is 4.74 Å². The Morgan fingerprint density at radius 2 is 1.82 bits per heavy atom. The molecule has 0 saturated carbocycles. The van der Waals surface area contributed by atoms with E-state index in [0.29, 0.717) is 18.3 Å². The molecule has 0 amide bonds. The third-order valence-electron chi connectivity index (χ3n) is 5.67. The van der Waals surface area contributed by atoms with E-state index >= 15 is 0 Å². The van der Waals surface area contributed by atoms with E-state index in [9.17, 15) is 0 Å². The molecule has 0 unspecified atom stereocenters. The van der Waals surface area contributed by atoms with Gasteiger partial charge in [0.25, 0.3) is 0 Å². The van der Waals surface area contributed by atoms with Crippen molar-refractivity contribution in [3.63, 3.8) is 0 Å². The van der Waals surface area contributed by atoms with Crippen LogP contribution in [0.2, 0.25) is 0 Å². The summed E-state index contributed by atoms with van der Waals surface area (Å²) in [6.07, 6.45) is 14.3. The molecule has 4 aromatic rings. The zero-order chi connectivity index (χ0) is 23.2. The Hall–Kier alpha value is -4.11. The number of oxazole rings is 1. The molecule has 1 aliphatic rings. The number of anilines is 2. The maximum absolute atomic E-state index is 5.49. The number of pyridine rings is 2. The van der Waals surface area contributed by atoms with E-state index in [0.717, 1.165) is 42.3 Å². The highest BCUT2D eigenvalue weighted by molar-refractivity contribution is 5.69. The molecule has 1 fully saturated rings. The monoisotopic (exact) mass is 455 g/mol.